The third-order valence-electron chi connectivity index (χ3n) is 5.39. The maximum absolute atomic E-state index is 13.3. The van der Waals surface area contributed by atoms with Gasteiger partial charge in [-0.2, -0.15) is 5.10 Å². The van der Waals surface area contributed by atoms with Crippen molar-refractivity contribution in [3.05, 3.63) is 31.3 Å². The molecule has 6 nitrogen and oxygen atoms in total. The summed E-state index contributed by atoms with van der Waals surface area (Å²) in [5.74, 6) is -2.89. The monoisotopic (exact) mass is 424 g/mol. The molecule has 29 heavy (non-hydrogen) atoms. The lowest BCUT2D eigenvalue weighted by molar-refractivity contribution is -0.114. The van der Waals surface area contributed by atoms with Crippen LogP contribution in [0.2, 0.25) is 0 Å². The number of halogens is 2. The van der Waals surface area contributed by atoms with Gasteiger partial charge in [-0.05, 0) is 52.0 Å². The van der Waals surface area contributed by atoms with Gasteiger partial charge in [-0.25, -0.2) is 13.6 Å². The predicted octanol–water partition coefficient (Wildman–Crippen LogP) is 3.64. The summed E-state index contributed by atoms with van der Waals surface area (Å²) in [5.41, 5.74) is 2.95. The number of thiophene rings is 1. The summed E-state index contributed by atoms with van der Waals surface area (Å²) in [6.07, 6.45) is 2.85. The quantitative estimate of drug-likeness (QED) is 0.589. The van der Waals surface area contributed by atoms with Gasteiger partial charge in [-0.15, -0.1) is 11.3 Å². The molecule has 0 radical (unpaired) electrons. The largest absolute Gasteiger partial charge is 0.332 e. The van der Waals surface area contributed by atoms with E-state index in [4.69, 9.17) is 0 Å². The summed E-state index contributed by atoms with van der Waals surface area (Å²) in [6, 6.07) is -0.0764. The van der Waals surface area contributed by atoms with Crippen LogP contribution in [-0.2, 0) is 6.54 Å². The van der Waals surface area contributed by atoms with Crippen molar-refractivity contribution in [3.8, 4) is 0 Å². The van der Waals surface area contributed by atoms with Gasteiger partial charge >= 0.3 is 5.69 Å². The van der Waals surface area contributed by atoms with Gasteiger partial charge in [0.25, 0.3) is 5.56 Å². The molecule has 0 atom stereocenters. The van der Waals surface area contributed by atoms with E-state index in [0.29, 0.717) is 10.2 Å². The topological polar surface area (TPSA) is 68.4 Å². The lowest BCUT2D eigenvalue weighted by Gasteiger charge is -2.35. The highest BCUT2D eigenvalue weighted by Crippen LogP contribution is 2.43. The van der Waals surface area contributed by atoms with Crippen LogP contribution < -0.4 is 16.7 Å². The number of rotatable bonds is 5. The third-order valence-corrected chi connectivity index (χ3v) is 6.64. The molecule has 0 aliphatic heterocycles. The smallest absolute Gasteiger partial charge is 0.305 e. The van der Waals surface area contributed by atoms with Crippen LogP contribution in [0.4, 0.5) is 8.78 Å². The van der Waals surface area contributed by atoms with Crippen molar-refractivity contribution in [1.29, 1.82) is 0 Å². The first-order valence-electron chi connectivity index (χ1n) is 9.93. The van der Waals surface area contributed by atoms with E-state index in [0.717, 1.165) is 23.3 Å². The molecule has 1 N–H and O–H groups in total. The zero-order chi connectivity index (χ0) is 21.1. The van der Waals surface area contributed by atoms with Crippen molar-refractivity contribution >= 4 is 27.8 Å². The number of nitrogens with zero attached hydrogens (tertiary/aromatic N) is 3. The molecule has 2 aliphatic rings. The molecular formula is C20H26F2N4O2S. The molecule has 0 amide bonds. The predicted molar refractivity (Wildman–Crippen MR) is 112 cm³/mol. The van der Waals surface area contributed by atoms with Crippen molar-refractivity contribution in [2.45, 2.75) is 77.4 Å². The first-order chi connectivity index (χ1) is 13.5. The van der Waals surface area contributed by atoms with Gasteiger partial charge < -0.3 is 5.43 Å². The molecule has 2 saturated carbocycles. The van der Waals surface area contributed by atoms with Gasteiger partial charge in [0, 0.05) is 31.0 Å². The number of aromatic nitrogens is 2. The van der Waals surface area contributed by atoms with E-state index in [1.165, 1.54) is 15.9 Å². The van der Waals surface area contributed by atoms with E-state index < -0.39 is 5.92 Å². The van der Waals surface area contributed by atoms with Crippen LogP contribution >= 0.6 is 11.3 Å². The van der Waals surface area contributed by atoms with E-state index in [9.17, 15) is 18.4 Å². The number of hydrazone groups is 1. The molecule has 2 aliphatic carbocycles. The van der Waals surface area contributed by atoms with Crippen molar-refractivity contribution in [2.75, 3.05) is 0 Å². The maximum atomic E-state index is 13.3. The summed E-state index contributed by atoms with van der Waals surface area (Å²) in [5, 5.41) is 4.77. The van der Waals surface area contributed by atoms with E-state index in [1.807, 2.05) is 27.7 Å². The van der Waals surface area contributed by atoms with Crippen molar-refractivity contribution in [1.82, 2.24) is 14.6 Å². The van der Waals surface area contributed by atoms with Crippen molar-refractivity contribution < 1.29 is 8.78 Å². The molecular weight excluding hydrogens is 398 g/mol. The Morgan fingerprint density at radius 2 is 1.93 bits per heavy atom. The van der Waals surface area contributed by atoms with Gasteiger partial charge in [0.05, 0.1) is 16.5 Å². The Balaban J connectivity index is 1.81. The Morgan fingerprint density at radius 3 is 2.48 bits per heavy atom. The summed E-state index contributed by atoms with van der Waals surface area (Å²) in [4.78, 5) is 27.5. The molecule has 0 bridgehead atoms. The molecule has 0 saturated heterocycles. The molecule has 0 spiro atoms. The normalized spacial score (nSPS) is 19.8. The first kappa shape index (κ1) is 20.3. The van der Waals surface area contributed by atoms with Gasteiger partial charge in [0.1, 0.15) is 4.83 Å². The Hall–Kier alpha value is -2.03. The number of hydrogen-bond donors (Lipinski definition) is 1. The van der Waals surface area contributed by atoms with Gasteiger partial charge in [0.2, 0.25) is 5.92 Å². The summed E-state index contributed by atoms with van der Waals surface area (Å²) in [6.45, 7) is 8.03. The van der Waals surface area contributed by atoms with Crippen LogP contribution in [0.25, 0.3) is 10.2 Å². The van der Waals surface area contributed by atoms with Crippen LogP contribution in [-0.4, -0.2) is 26.8 Å². The second-order valence-corrected chi connectivity index (χ2v) is 10.4. The second-order valence-electron chi connectivity index (χ2n) is 9.32. The fourth-order valence-corrected chi connectivity index (χ4v) is 4.95. The number of aryl methyl sites for hydroxylation is 1. The van der Waals surface area contributed by atoms with Crippen LogP contribution in [0.1, 0.15) is 62.9 Å². The maximum Gasteiger partial charge on any atom is 0.332 e. The molecule has 9 heteroatoms. The van der Waals surface area contributed by atoms with E-state index in [2.05, 4.69) is 10.5 Å². The minimum Gasteiger partial charge on any atom is -0.305 e. The minimum absolute atomic E-state index is 0.0764. The van der Waals surface area contributed by atoms with Gasteiger partial charge in [-0.3, -0.25) is 13.9 Å². The Kier molecular flexibility index (Phi) is 4.72. The summed E-state index contributed by atoms with van der Waals surface area (Å²) < 4.78 is 29.5. The highest BCUT2D eigenvalue weighted by atomic mass is 32.1. The van der Waals surface area contributed by atoms with Crippen LogP contribution in [0.5, 0.6) is 0 Å². The highest BCUT2D eigenvalue weighted by Gasteiger charge is 2.45. The van der Waals surface area contributed by atoms with Crippen LogP contribution in [0.3, 0.4) is 0 Å². The zero-order valence-corrected chi connectivity index (χ0v) is 17.9. The number of fused-ring (bicyclic) bond motifs is 1. The Bertz CT molecular complexity index is 1090. The molecule has 158 valence electrons. The molecule has 4 rings (SSSR count). The molecule has 2 aromatic rings. The number of alkyl halides is 2. The van der Waals surface area contributed by atoms with E-state index in [1.54, 1.807) is 10.8 Å². The summed E-state index contributed by atoms with van der Waals surface area (Å²) >= 11 is 1.32. The minimum atomic E-state index is -2.64. The fourth-order valence-electron chi connectivity index (χ4n) is 3.78. The Morgan fingerprint density at radius 1 is 1.28 bits per heavy atom. The average Bonchev–Trinajstić information content (AvgIpc) is 3.33. The number of hydrogen-bond acceptors (Lipinski definition) is 5. The molecule has 2 heterocycles. The van der Waals surface area contributed by atoms with Crippen LogP contribution in [0, 0.1) is 12.8 Å². The lowest BCUT2D eigenvalue weighted by atomic mass is 9.81. The van der Waals surface area contributed by atoms with Crippen molar-refractivity contribution in [2.24, 2.45) is 11.0 Å². The number of nitrogens with one attached hydrogen (secondary N) is 1. The van der Waals surface area contributed by atoms with Crippen molar-refractivity contribution in [3.63, 3.8) is 0 Å². The molecule has 2 fully saturated rings. The van der Waals surface area contributed by atoms with Gasteiger partial charge in [-0.1, -0.05) is 0 Å². The van der Waals surface area contributed by atoms with E-state index >= 15 is 0 Å². The highest BCUT2D eigenvalue weighted by molar-refractivity contribution is 7.20. The molecule has 0 unspecified atom stereocenters. The lowest BCUT2D eigenvalue weighted by Crippen LogP contribution is -2.44. The summed E-state index contributed by atoms with van der Waals surface area (Å²) in [7, 11) is 0. The first-order valence-corrected chi connectivity index (χ1v) is 10.7. The average molecular weight is 425 g/mol. The fraction of sp³-hybridized carbons (Fsp3) is 0.650. The second kappa shape index (κ2) is 6.75. The zero-order valence-electron chi connectivity index (χ0n) is 17.1. The molecule has 0 aromatic carbocycles. The Labute approximate surface area is 171 Å². The van der Waals surface area contributed by atoms with E-state index in [-0.39, 0.29) is 48.1 Å². The standard InChI is InChI=1S/C20H26F2N4O2S/c1-11-14(9-23-24-19(2,3)4)29-17-15(11)16(27)26(13-5-6-13)18(28)25(17)10-12-7-20(21,22)8-12/h9,12-13,24H,5-8,10H2,1-4H3. The van der Waals surface area contributed by atoms with Crippen LogP contribution in [0.15, 0.2) is 14.7 Å². The van der Waals surface area contributed by atoms with Gasteiger partial charge in [0.15, 0.2) is 0 Å². The SMILES string of the molecule is Cc1c(C=NNC(C)(C)C)sc2c1c(=O)n(C1CC1)c(=O)n2CC1CC(F)(F)C1. The third kappa shape index (κ3) is 3.89. The molecule has 2 aromatic heterocycles.